The second-order valence-corrected chi connectivity index (χ2v) is 2.68. The molecule has 0 aliphatic heterocycles. The van der Waals surface area contributed by atoms with Crippen molar-refractivity contribution in [3.05, 3.63) is 24.0 Å². The van der Waals surface area contributed by atoms with E-state index in [1.165, 1.54) is 0 Å². The number of carbonyl (C=O) groups is 1. The highest BCUT2D eigenvalue weighted by Gasteiger charge is 1.97. The Labute approximate surface area is 71.6 Å². The maximum atomic E-state index is 10.5. The summed E-state index contributed by atoms with van der Waals surface area (Å²) in [6, 6.07) is 3.63. The lowest BCUT2D eigenvalue weighted by molar-refractivity contribution is 0.111. The summed E-state index contributed by atoms with van der Waals surface area (Å²) in [4.78, 5) is 10.5. The summed E-state index contributed by atoms with van der Waals surface area (Å²) < 4.78 is 1.89. The highest BCUT2D eigenvalue weighted by atomic mass is 16.2. The molecule has 0 aliphatic rings. The van der Waals surface area contributed by atoms with Gasteiger partial charge in [0.15, 0.2) is 6.29 Å². The molecular formula is C9H13NO2. The van der Waals surface area contributed by atoms with E-state index in [2.05, 4.69) is 0 Å². The Morgan fingerprint density at radius 2 is 2.33 bits per heavy atom. The molecule has 1 rings (SSSR count). The van der Waals surface area contributed by atoms with Gasteiger partial charge in [-0.15, -0.1) is 0 Å². The summed E-state index contributed by atoms with van der Waals surface area (Å²) in [5.74, 6) is 0. The first kappa shape index (κ1) is 9.00. The Morgan fingerprint density at radius 1 is 1.50 bits per heavy atom. The number of unbranched alkanes of at least 4 members (excludes halogenated alkanes) is 1. The lowest BCUT2D eigenvalue weighted by atomic mass is 10.3. The molecule has 1 N–H and O–H groups in total. The monoisotopic (exact) mass is 167 g/mol. The van der Waals surface area contributed by atoms with Gasteiger partial charge in [-0.1, -0.05) is 0 Å². The van der Waals surface area contributed by atoms with Crippen molar-refractivity contribution in [2.75, 3.05) is 6.61 Å². The summed E-state index contributed by atoms with van der Waals surface area (Å²) in [5, 5.41) is 8.54. The number of aliphatic hydroxyl groups is 1. The van der Waals surface area contributed by atoms with Gasteiger partial charge in [0.05, 0.1) is 5.69 Å². The molecule has 0 fully saturated rings. The normalized spacial score (nSPS) is 10.1. The average molecular weight is 167 g/mol. The maximum Gasteiger partial charge on any atom is 0.166 e. The first-order valence-corrected chi connectivity index (χ1v) is 4.09. The third-order valence-corrected chi connectivity index (χ3v) is 1.79. The van der Waals surface area contributed by atoms with Crippen LogP contribution in [-0.2, 0) is 6.54 Å². The molecule has 3 nitrogen and oxygen atoms in total. The first-order valence-electron chi connectivity index (χ1n) is 4.09. The molecule has 3 heteroatoms. The molecule has 0 aliphatic carbocycles. The van der Waals surface area contributed by atoms with Gasteiger partial charge in [0, 0.05) is 19.3 Å². The van der Waals surface area contributed by atoms with Crippen molar-refractivity contribution in [1.82, 2.24) is 4.57 Å². The molecule has 1 aromatic heterocycles. The van der Waals surface area contributed by atoms with Gasteiger partial charge in [-0.2, -0.15) is 0 Å². The van der Waals surface area contributed by atoms with Gasteiger partial charge in [-0.3, -0.25) is 4.79 Å². The van der Waals surface area contributed by atoms with Crippen LogP contribution >= 0.6 is 0 Å². The van der Waals surface area contributed by atoms with E-state index in [1.54, 1.807) is 6.07 Å². The summed E-state index contributed by atoms with van der Waals surface area (Å²) >= 11 is 0. The van der Waals surface area contributed by atoms with E-state index in [9.17, 15) is 4.79 Å². The molecule has 0 saturated heterocycles. The van der Waals surface area contributed by atoms with Gasteiger partial charge < -0.3 is 9.67 Å². The Morgan fingerprint density at radius 3 is 3.00 bits per heavy atom. The van der Waals surface area contributed by atoms with Gasteiger partial charge in [-0.25, -0.2) is 0 Å². The zero-order chi connectivity index (χ0) is 8.81. The Hall–Kier alpha value is -1.09. The standard InChI is InChI=1S/C9H13NO2/c11-7-2-1-5-10-6-3-4-9(10)8-12/h3-4,6,8,11H,1-2,5,7H2. The van der Waals surface area contributed by atoms with E-state index < -0.39 is 0 Å². The van der Waals surface area contributed by atoms with Crippen molar-refractivity contribution in [3.8, 4) is 0 Å². The highest BCUT2D eigenvalue weighted by molar-refractivity contribution is 5.72. The van der Waals surface area contributed by atoms with Crippen molar-refractivity contribution in [1.29, 1.82) is 0 Å². The second-order valence-electron chi connectivity index (χ2n) is 2.68. The summed E-state index contributed by atoms with van der Waals surface area (Å²) in [5.41, 5.74) is 0.702. The van der Waals surface area contributed by atoms with Crippen molar-refractivity contribution in [2.45, 2.75) is 19.4 Å². The molecule has 0 atom stereocenters. The van der Waals surface area contributed by atoms with Crippen LogP contribution in [0.25, 0.3) is 0 Å². The lowest BCUT2D eigenvalue weighted by Gasteiger charge is -2.03. The summed E-state index contributed by atoms with van der Waals surface area (Å²) in [6.07, 6.45) is 4.42. The number of aromatic nitrogens is 1. The molecule has 66 valence electrons. The number of aliphatic hydroxyl groups excluding tert-OH is 1. The minimum Gasteiger partial charge on any atom is -0.396 e. The van der Waals surface area contributed by atoms with Gasteiger partial charge in [0.2, 0.25) is 0 Å². The molecule has 0 aromatic carbocycles. The smallest absolute Gasteiger partial charge is 0.166 e. The van der Waals surface area contributed by atoms with E-state index in [0.29, 0.717) is 5.69 Å². The molecule has 1 aromatic rings. The highest BCUT2D eigenvalue weighted by Crippen LogP contribution is 2.01. The minimum atomic E-state index is 0.220. The Kier molecular flexibility index (Phi) is 3.54. The number of hydrogen-bond donors (Lipinski definition) is 1. The van der Waals surface area contributed by atoms with Crippen LogP contribution in [0.15, 0.2) is 18.3 Å². The molecular weight excluding hydrogens is 154 g/mol. The predicted octanol–water partition coefficient (Wildman–Crippen LogP) is 1.07. The number of aryl methyl sites for hydroxylation is 1. The molecule has 0 amide bonds. The van der Waals surface area contributed by atoms with E-state index in [0.717, 1.165) is 25.7 Å². The average Bonchev–Trinajstić information content (AvgIpc) is 2.52. The van der Waals surface area contributed by atoms with Crippen LogP contribution in [0.4, 0.5) is 0 Å². The van der Waals surface area contributed by atoms with Crippen molar-refractivity contribution >= 4 is 6.29 Å². The van der Waals surface area contributed by atoms with Gasteiger partial charge in [0.25, 0.3) is 0 Å². The number of rotatable bonds is 5. The summed E-state index contributed by atoms with van der Waals surface area (Å²) in [7, 11) is 0. The molecule has 0 bridgehead atoms. The number of carbonyl (C=O) groups excluding carboxylic acids is 1. The van der Waals surface area contributed by atoms with Gasteiger partial charge >= 0.3 is 0 Å². The van der Waals surface area contributed by atoms with Crippen molar-refractivity contribution in [3.63, 3.8) is 0 Å². The number of nitrogens with zero attached hydrogens (tertiary/aromatic N) is 1. The largest absolute Gasteiger partial charge is 0.396 e. The van der Waals surface area contributed by atoms with Crippen LogP contribution in [0.1, 0.15) is 23.3 Å². The fourth-order valence-corrected chi connectivity index (χ4v) is 1.13. The Balaban J connectivity index is 2.45. The molecule has 0 radical (unpaired) electrons. The lowest BCUT2D eigenvalue weighted by Crippen LogP contribution is -2.01. The van der Waals surface area contributed by atoms with Crippen LogP contribution in [0.2, 0.25) is 0 Å². The van der Waals surface area contributed by atoms with Gasteiger partial charge in [0.1, 0.15) is 0 Å². The van der Waals surface area contributed by atoms with E-state index in [4.69, 9.17) is 5.11 Å². The van der Waals surface area contributed by atoms with Crippen LogP contribution in [0.3, 0.4) is 0 Å². The third-order valence-electron chi connectivity index (χ3n) is 1.79. The quantitative estimate of drug-likeness (QED) is 0.526. The minimum absolute atomic E-state index is 0.220. The third kappa shape index (κ3) is 2.20. The van der Waals surface area contributed by atoms with Crippen LogP contribution in [0.5, 0.6) is 0 Å². The van der Waals surface area contributed by atoms with E-state index >= 15 is 0 Å². The fourth-order valence-electron chi connectivity index (χ4n) is 1.13. The van der Waals surface area contributed by atoms with Crippen LogP contribution in [0, 0.1) is 0 Å². The SMILES string of the molecule is O=Cc1cccn1CCCCO. The van der Waals surface area contributed by atoms with Crippen LogP contribution in [-0.4, -0.2) is 22.6 Å². The molecule has 0 spiro atoms. The molecule has 1 heterocycles. The fraction of sp³-hybridized carbons (Fsp3) is 0.444. The predicted molar refractivity (Wildman–Crippen MR) is 46.1 cm³/mol. The summed E-state index contributed by atoms with van der Waals surface area (Å²) in [6.45, 7) is 1.03. The maximum absolute atomic E-state index is 10.5. The second kappa shape index (κ2) is 4.72. The van der Waals surface area contributed by atoms with Crippen molar-refractivity contribution < 1.29 is 9.90 Å². The van der Waals surface area contributed by atoms with E-state index in [-0.39, 0.29) is 6.61 Å². The van der Waals surface area contributed by atoms with Crippen LogP contribution < -0.4 is 0 Å². The Bertz CT molecular complexity index is 242. The zero-order valence-electron chi connectivity index (χ0n) is 6.94. The van der Waals surface area contributed by atoms with Crippen molar-refractivity contribution in [2.24, 2.45) is 0 Å². The molecule has 0 saturated carbocycles. The molecule has 12 heavy (non-hydrogen) atoms. The number of aldehydes is 1. The first-order chi connectivity index (χ1) is 5.88. The number of hydrogen-bond acceptors (Lipinski definition) is 2. The molecule has 0 unspecified atom stereocenters. The van der Waals surface area contributed by atoms with Gasteiger partial charge in [-0.05, 0) is 25.0 Å². The zero-order valence-corrected chi connectivity index (χ0v) is 6.94. The van der Waals surface area contributed by atoms with E-state index in [1.807, 2.05) is 16.8 Å². The topological polar surface area (TPSA) is 42.2 Å².